The number of hydrogen-bond acceptors (Lipinski definition) is 1. The van der Waals surface area contributed by atoms with Crippen LogP contribution in [0.5, 0.6) is 0 Å². The Morgan fingerprint density at radius 1 is 1.05 bits per heavy atom. The number of aryl methyl sites for hydroxylation is 2. The van der Waals surface area contributed by atoms with Gasteiger partial charge in [-0.3, -0.25) is 0 Å². The number of hydrogen-bond donors (Lipinski definition) is 1. The van der Waals surface area contributed by atoms with Gasteiger partial charge in [-0.25, -0.2) is 0 Å². The van der Waals surface area contributed by atoms with Gasteiger partial charge in [0.1, 0.15) is 0 Å². The summed E-state index contributed by atoms with van der Waals surface area (Å²) in [4.78, 5) is 0. The van der Waals surface area contributed by atoms with Crippen molar-refractivity contribution >= 4 is 17.3 Å². The highest BCUT2D eigenvalue weighted by Crippen LogP contribution is 2.52. The third kappa shape index (κ3) is 1.99. The molecule has 0 bridgehead atoms. The van der Waals surface area contributed by atoms with Crippen molar-refractivity contribution in [1.29, 1.82) is 0 Å². The summed E-state index contributed by atoms with van der Waals surface area (Å²) in [6, 6.07) is 13.2. The fourth-order valence-corrected chi connectivity index (χ4v) is 4.34. The maximum absolute atomic E-state index is 6.53. The van der Waals surface area contributed by atoms with Crippen molar-refractivity contribution in [3.05, 3.63) is 75.8 Å². The van der Waals surface area contributed by atoms with Gasteiger partial charge in [0.05, 0.1) is 6.04 Å². The quantitative estimate of drug-likeness (QED) is 0.658. The van der Waals surface area contributed by atoms with Crippen molar-refractivity contribution < 1.29 is 0 Å². The second kappa shape index (κ2) is 5.17. The minimum Gasteiger partial charge on any atom is -0.377 e. The van der Waals surface area contributed by atoms with Crippen LogP contribution in [0, 0.1) is 19.8 Å². The standard InChI is InChI=1S/C20H20ClN/c1-12-6-3-4-7-14(12)20-16-9-5-8-15(16)18-17(21)11-10-13(2)19(18)22-20/h3-8,10-11,15-16,20,22H,9H2,1-2H3. The van der Waals surface area contributed by atoms with E-state index in [4.69, 9.17) is 11.6 Å². The molecule has 1 N–H and O–H groups in total. The van der Waals surface area contributed by atoms with Crippen LogP contribution in [0.4, 0.5) is 5.69 Å². The summed E-state index contributed by atoms with van der Waals surface area (Å²) in [6.45, 7) is 4.37. The smallest absolute Gasteiger partial charge is 0.0556 e. The Kier molecular flexibility index (Phi) is 3.27. The minimum absolute atomic E-state index is 0.353. The summed E-state index contributed by atoms with van der Waals surface area (Å²) >= 11 is 6.53. The molecule has 0 saturated carbocycles. The summed E-state index contributed by atoms with van der Waals surface area (Å²) in [5, 5.41) is 4.70. The minimum atomic E-state index is 0.353. The molecule has 2 aromatic rings. The molecular formula is C20H20ClN. The van der Waals surface area contributed by atoms with Crippen molar-refractivity contribution in [3.8, 4) is 0 Å². The van der Waals surface area contributed by atoms with Gasteiger partial charge in [0.2, 0.25) is 0 Å². The summed E-state index contributed by atoms with van der Waals surface area (Å²) in [5.41, 5.74) is 6.55. The lowest BCUT2D eigenvalue weighted by Gasteiger charge is -2.39. The molecule has 1 aliphatic heterocycles. The number of fused-ring (bicyclic) bond motifs is 3. The Labute approximate surface area is 137 Å². The molecule has 1 heterocycles. The van der Waals surface area contributed by atoms with E-state index in [0.29, 0.717) is 17.9 Å². The zero-order valence-electron chi connectivity index (χ0n) is 12.9. The van der Waals surface area contributed by atoms with Crippen LogP contribution in [0.1, 0.15) is 40.6 Å². The maximum Gasteiger partial charge on any atom is 0.0556 e. The summed E-state index contributed by atoms with van der Waals surface area (Å²) in [7, 11) is 0. The summed E-state index contributed by atoms with van der Waals surface area (Å²) in [6.07, 6.45) is 5.78. The first-order chi connectivity index (χ1) is 10.7. The van der Waals surface area contributed by atoms with Gasteiger partial charge in [0.25, 0.3) is 0 Å². The highest BCUT2D eigenvalue weighted by Gasteiger charge is 2.39. The topological polar surface area (TPSA) is 12.0 Å². The second-order valence-electron chi connectivity index (χ2n) is 6.49. The average Bonchev–Trinajstić information content (AvgIpc) is 3.00. The van der Waals surface area contributed by atoms with Crippen LogP contribution in [-0.2, 0) is 0 Å². The molecule has 112 valence electrons. The molecule has 0 aromatic heterocycles. The molecule has 0 radical (unpaired) electrons. The zero-order chi connectivity index (χ0) is 15.3. The largest absolute Gasteiger partial charge is 0.377 e. The van der Waals surface area contributed by atoms with E-state index in [2.05, 4.69) is 61.6 Å². The summed E-state index contributed by atoms with van der Waals surface area (Å²) in [5.74, 6) is 0.973. The molecule has 0 amide bonds. The Morgan fingerprint density at radius 2 is 1.86 bits per heavy atom. The molecule has 0 fully saturated rings. The summed E-state index contributed by atoms with van der Waals surface area (Å²) < 4.78 is 0. The third-order valence-electron chi connectivity index (χ3n) is 5.20. The van der Waals surface area contributed by atoms with E-state index >= 15 is 0 Å². The number of nitrogens with one attached hydrogen (secondary N) is 1. The Balaban J connectivity index is 1.88. The van der Waals surface area contributed by atoms with Crippen LogP contribution in [0.25, 0.3) is 0 Å². The molecular weight excluding hydrogens is 290 g/mol. The average molecular weight is 310 g/mol. The van der Waals surface area contributed by atoms with Crippen LogP contribution >= 0.6 is 11.6 Å². The molecule has 0 spiro atoms. The first-order valence-electron chi connectivity index (χ1n) is 7.94. The lowest BCUT2D eigenvalue weighted by atomic mass is 9.75. The van der Waals surface area contributed by atoms with Gasteiger partial charge < -0.3 is 5.32 Å². The molecule has 2 aliphatic rings. The monoisotopic (exact) mass is 309 g/mol. The number of rotatable bonds is 1. The first-order valence-corrected chi connectivity index (χ1v) is 8.32. The first kappa shape index (κ1) is 13.9. The van der Waals surface area contributed by atoms with Gasteiger partial charge in [-0.2, -0.15) is 0 Å². The predicted molar refractivity (Wildman–Crippen MR) is 93.7 cm³/mol. The fraction of sp³-hybridized carbons (Fsp3) is 0.300. The number of benzene rings is 2. The van der Waals surface area contributed by atoms with Gasteiger partial charge in [0, 0.05) is 22.2 Å². The Morgan fingerprint density at radius 3 is 2.68 bits per heavy atom. The normalized spacial score (nSPS) is 25.5. The van der Waals surface area contributed by atoms with E-state index in [0.717, 1.165) is 11.4 Å². The van der Waals surface area contributed by atoms with Crippen LogP contribution in [-0.4, -0.2) is 0 Å². The van der Waals surface area contributed by atoms with Crippen molar-refractivity contribution in [2.24, 2.45) is 5.92 Å². The van der Waals surface area contributed by atoms with Gasteiger partial charge in [-0.1, -0.05) is 54.1 Å². The van der Waals surface area contributed by atoms with Gasteiger partial charge in [0.15, 0.2) is 0 Å². The lowest BCUT2D eigenvalue weighted by molar-refractivity contribution is 0.424. The maximum atomic E-state index is 6.53. The Hall–Kier alpha value is -1.73. The highest BCUT2D eigenvalue weighted by atomic mass is 35.5. The molecule has 1 nitrogen and oxygen atoms in total. The van der Waals surface area contributed by atoms with Gasteiger partial charge >= 0.3 is 0 Å². The molecule has 4 rings (SSSR count). The van der Waals surface area contributed by atoms with E-state index in [1.165, 1.54) is 27.9 Å². The van der Waals surface area contributed by atoms with Gasteiger partial charge in [-0.15, -0.1) is 0 Å². The number of allylic oxidation sites excluding steroid dienone is 2. The van der Waals surface area contributed by atoms with Crippen LogP contribution in [0.3, 0.4) is 0 Å². The van der Waals surface area contributed by atoms with E-state index < -0.39 is 0 Å². The van der Waals surface area contributed by atoms with Crippen molar-refractivity contribution in [1.82, 2.24) is 0 Å². The molecule has 0 saturated heterocycles. The highest BCUT2D eigenvalue weighted by molar-refractivity contribution is 6.32. The number of halogens is 1. The molecule has 22 heavy (non-hydrogen) atoms. The predicted octanol–water partition coefficient (Wildman–Crippen LogP) is 5.78. The molecule has 2 heteroatoms. The van der Waals surface area contributed by atoms with E-state index in [9.17, 15) is 0 Å². The molecule has 3 unspecified atom stereocenters. The Bertz CT molecular complexity index is 762. The van der Waals surface area contributed by atoms with Crippen LogP contribution < -0.4 is 5.32 Å². The van der Waals surface area contributed by atoms with Crippen molar-refractivity contribution in [2.75, 3.05) is 5.32 Å². The van der Waals surface area contributed by atoms with E-state index in [1.54, 1.807) is 0 Å². The van der Waals surface area contributed by atoms with Crippen LogP contribution in [0.15, 0.2) is 48.6 Å². The lowest BCUT2D eigenvalue weighted by Crippen LogP contribution is -2.30. The van der Waals surface area contributed by atoms with Crippen LogP contribution in [0.2, 0.25) is 5.02 Å². The molecule has 2 aromatic carbocycles. The van der Waals surface area contributed by atoms with Crippen molar-refractivity contribution in [3.63, 3.8) is 0 Å². The van der Waals surface area contributed by atoms with Crippen molar-refractivity contribution in [2.45, 2.75) is 32.2 Å². The molecule has 1 aliphatic carbocycles. The van der Waals surface area contributed by atoms with E-state index in [1.807, 2.05) is 6.07 Å². The van der Waals surface area contributed by atoms with E-state index in [-0.39, 0.29) is 0 Å². The fourth-order valence-electron chi connectivity index (χ4n) is 4.05. The molecule has 3 atom stereocenters. The third-order valence-corrected chi connectivity index (χ3v) is 5.53. The number of anilines is 1. The van der Waals surface area contributed by atoms with Gasteiger partial charge in [-0.05, 0) is 48.9 Å². The SMILES string of the molecule is Cc1ccccc1C1Nc2c(C)ccc(Cl)c2C2C=CCC21. The second-order valence-corrected chi connectivity index (χ2v) is 6.89. The zero-order valence-corrected chi connectivity index (χ0v) is 13.7.